The van der Waals surface area contributed by atoms with Gasteiger partial charge in [-0.15, -0.1) is 0 Å². The van der Waals surface area contributed by atoms with E-state index in [-0.39, 0.29) is 0 Å². The Kier molecular flexibility index (Phi) is 4.25. The quantitative estimate of drug-likeness (QED) is 0.941. The van der Waals surface area contributed by atoms with Crippen molar-refractivity contribution in [3.8, 4) is 5.75 Å². The van der Waals surface area contributed by atoms with E-state index in [2.05, 4.69) is 16.1 Å². The van der Waals surface area contributed by atoms with Crippen LogP contribution in [0.1, 0.15) is 43.0 Å². The first-order chi connectivity index (χ1) is 10.2. The maximum atomic E-state index is 10.0. The van der Waals surface area contributed by atoms with E-state index in [0.717, 1.165) is 30.8 Å². The molecule has 4 nitrogen and oxygen atoms in total. The molecule has 0 radical (unpaired) electrons. The van der Waals surface area contributed by atoms with Crippen LogP contribution in [0.5, 0.6) is 5.75 Å². The van der Waals surface area contributed by atoms with Crippen molar-refractivity contribution in [3.05, 3.63) is 47.8 Å². The Bertz CT molecular complexity index is 593. The minimum Gasteiger partial charge on any atom is -0.508 e. The van der Waals surface area contributed by atoms with Gasteiger partial charge < -0.3 is 5.11 Å². The van der Waals surface area contributed by atoms with Crippen LogP contribution in [0.2, 0.25) is 0 Å². The fourth-order valence-corrected chi connectivity index (χ4v) is 3.17. The van der Waals surface area contributed by atoms with Gasteiger partial charge in [-0.25, -0.2) is 0 Å². The van der Waals surface area contributed by atoms with Crippen molar-refractivity contribution in [1.29, 1.82) is 0 Å². The molecule has 1 aromatic carbocycles. The molecular formula is C17H23N3O. The second kappa shape index (κ2) is 6.31. The van der Waals surface area contributed by atoms with Crippen LogP contribution in [-0.4, -0.2) is 26.3 Å². The van der Waals surface area contributed by atoms with E-state index in [1.807, 2.05) is 36.1 Å². The molecule has 1 atom stereocenters. The number of nitrogens with zero attached hydrogens (tertiary/aromatic N) is 3. The zero-order chi connectivity index (χ0) is 14.7. The van der Waals surface area contributed by atoms with Gasteiger partial charge in [0.2, 0.25) is 0 Å². The highest BCUT2D eigenvalue weighted by Gasteiger charge is 2.25. The molecule has 0 unspecified atom stereocenters. The van der Waals surface area contributed by atoms with Crippen LogP contribution >= 0.6 is 0 Å². The van der Waals surface area contributed by atoms with Crippen molar-refractivity contribution in [1.82, 2.24) is 14.7 Å². The van der Waals surface area contributed by atoms with Crippen molar-refractivity contribution < 1.29 is 5.11 Å². The maximum Gasteiger partial charge on any atom is 0.120 e. The van der Waals surface area contributed by atoms with Crippen molar-refractivity contribution >= 4 is 0 Å². The van der Waals surface area contributed by atoms with Gasteiger partial charge in [-0.05, 0) is 31.5 Å². The SMILES string of the molecule is Cn1ccc([C@H]2CCCCCN2Cc2ccccc2O)n1. The molecule has 1 aromatic heterocycles. The van der Waals surface area contributed by atoms with E-state index in [1.54, 1.807) is 6.07 Å². The summed E-state index contributed by atoms with van der Waals surface area (Å²) < 4.78 is 1.87. The van der Waals surface area contributed by atoms with Crippen LogP contribution in [0, 0.1) is 0 Å². The number of rotatable bonds is 3. The first kappa shape index (κ1) is 14.1. The lowest BCUT2D eigenvalue weighted by atomic mass is 10.1. The largest absolute Gasteiger partial charge is 0.508 e. The van der Waals surface area contributed by atoms with Crippen molar-refractivity contribution in [2.75, 3.05) is 6.54 Å². The predicted molar refractivity (Wildman–Crippen MR) is 82.9 cm³/mol. The van der Waals surface area contributed by atoms with E-state index in [4.69, 9.17) is 0 Å². The summed E-state index contributed by atoms with van der Waals surface area (Å²) in [5, 5.41) is 14.6. The van der Waals surface area contributed by atoms with Gasteiger partial charge in [-0.3, -0.25) is 9.58 Å². The first-order valence-electron chi connectivity index (χ1n) is 7.74. The van der Waals surface area contributed by atoms with Crippen molar-refractivity contribution in [3.63, 3.8) is 0 Å². The number of aromatic hydroxyl groups is 1. The first-order valence-corrected chi connectivity index (χ1v) is 7.74. The number of phenolic OH excluding ortho intramolecular Hbond substituents is 1. The Balaban J connectivity index is 1.84. The van der Waals surface area contributed by atoms with Gasteiger partial charge in [0.1, 0.15) is 5.75 Å². The van der Waals surface area contributed by atoms with Gasteiger partial charge in [-0.2, -0.15) is 5.10 Å². The normalized spacial score (nSPS) is 20.3. The molecule has 4 heteroatoms. The molecule has 1 saturated heterocycles. The molecule has 1 fully saturated rings. The molecule has 1 aliphatic heterocycles. The van der Waals surface area contributed by atoms with Crippen LogP contribution < -0.4 is 0 Å². The molecule has 112 valence electrons. The summed E-state index contributed by atoms with van der Waals surface area (Å²) in [6, 6.07) is 10.1. The van der Waals surface area contributed by atoms with Gasteiger partial charge in [-0.1, -0.05) is 31.0 Å². The van der Waals surface area contributed by atoms with E-state index in [0.29, 0.717) is 11.8 Å². The molecular weight excluding hydrogens is 262 g/mol. The summed E-state index contributed by atoms with van der Waals surface area (Å²) in [7, 11) is 1.97. The minimum atomic E-state index is 0.355. The Hall–Kier alpha value is -1.81. The molecule has 21 heavy (non-hydrogen) atoms. The minimum absolute atomic E-state index is 0.355. The lowest BCUT2D eigenvalue weighted by Gasteiger charge is -2.29. The summed E-state index contributed by atoms with van der Waals surface area (Å²) in [6.07, 6.45) is 6.90. The van der Waals surface area contributed by atoms with Gasteiger partial charge >= 0.3 is 0 Å². The van der Waals surface area contributed by atoms with E-state index < -0.39 is 0 Å². The summed E-state index contributed by atoms with van der Waals surface area (Å²) in [5.41, 5.74) is 2.15. The van der Waals surface area contributed by atoms with Crippen LogP contribution in [0.3, 0.4) is 0 Å². The fraction of sp³-hybridized carbons (Fsp3) is 0.471. The Labute approximate surface area is 126 Å². The number of likely N-dealkylation sites (tertiary alicyclic amines) is 1. The smallest absolute Gasteiger partial charge is 0.120 e. The molecule has 1 N–H and O–H groups in total. The zero-order valence-electron chi connectivity index (χ0n) is 12.6. The third-order valence-electron chi connectivity index (χ3n) is 4.30. The third kappa shape index (κ3) is 3.27. The zero-order valence-corrected chi connectivity index (χ0v) is 12.6. The van der Waals surface area contributed by atoms with Crippen molar-refractivity contribution in [2.45, 2.75) is 38.3 Å². The number of phenols is 1. The van der Waals surface area contributed by atoms with Crippen LogP contribution in [0.25, 0.3) is 0 Å². The van der Waals surface area contributed by atoms with Crippen LogP contribution in [0.15, 0.2) is 36.5 Å². The van der Waals surface area contributed by atoms with E-state index >= 15 is 0 Å². The highest BCUT2D eigenvalue weighted by atomic mass is 16.3. The van der Waals surface area contributed by atoms with E-state index in [9.17, 15) is 5.11 Å². The Morgan fingerprint density at radius 2 is 2.05 bits per heavy atom. The van der Waals surface area contributed by atoms with E-state index in [1.165, 1.54) is 19.3 Å². The van der Waals surface area contributed by atoms with Crippen LogP contribution in [0.4, 0.5) is 0 Å². The van der Waals surface area contributed by atoms with Gasteiger partial charge in [0.15, 0.2) is 0 Å². The average molecular weight is 285 g/mol. The summed E-state index contributed by atoms with van der Waals surface area (Å²) in [5.74, 6) is 0.390. The number of aryl methyl sites for hydroxylation is 1. The second-order valence-electron chi connectivity index (χ2n) is 5.88. The molecule has 1 aliphatic rings. The maximum absolute atomic E-state index is 10.0. The van der Waals surface area contributed by atoms with Gasteiger partial charge in [0.25, 0.3) is 0 Å². The summed E-state index contributed by atoms with van der Waals surface area (Å²) in [6.45, 7) is 1.85. The fourth-order valence-electron chi connectivity index (χ4n) is 3.17. The highest BCUT2D eigenvalue weighted by molar-refractivity contribution is 5.31. The Morgan fingerprint density at radius 3 is 2.81 bits per heavy atom. The summed E-state index contributed by atoms with van der Waals surface area (Å²) in [4.78, 5) is 2.46. The molecule has 0 aliphatic carbocycles. The number of para-hydroxylation sites is 1. The second-order valence-corrected chi connectivity index (χ2v) is 5.88. The van der Waals surface area contributed by atoms with Gasteiger partial charge in [0, 0.05) is 25.4 Å². The lowest BCUT2D eigenvalue weighted by molar-refractivity contribution is 0.186. The molecule has 3 rings (SSSR count). The molecule has 0 saturated carbocycles. The monoisotopic (exact) mass is 285 g/mol. The van der Waals surface area contributed by atoms with Crippen molar-refractivity contribution in [2.24, 2.45) is 7.05 Å². The standard InChI is InChI=1S/C17H23N3O/c1-19-12-10-15(18-19)16-8-3-2-6-11-20(16)13-14-7-4-5-9-17(14)21/h4-5,7,9-10,12,16,21H,2-3,6,8,11,13H2,1H3/t16-/m1/s1. The third-order valence-corrected chi connectivity index (χ3v) is 4.30. The Morgan fingerprint density at radius 1 is 1.19 bits per heavy atom. The van der Waals surface area contributed by atoms with Crippen LogP contribution in [-0.2, 0) is 13.6 Å². The number of benzene rings is 1. The van der Waals surface area contributed by atoms with Gasteiger partial charge in [0.05, 0.1) is 11.7 Å². The number of hydrogen-bond acceptors (Lipinski definition) is 3. The number of aromatic nitrogens is 2. The molecule has 2 heterocycles. The average Bonchev–Trinajstić information content (AvgIpc) is 2.77. The molecule has 0 spiro atoms. The molecule has 2 aromatic rings. The molecule has 0 amide bonds. The number of hydrogen-bond donors (Lipinski definition) is 1. The topological polar surface area (TPSA) is 41.3 Å². The predicted octanol–water partition coefficient (Wildman–Crippen LogP) is 3.24. The lowest BCUT2D eigenvalue weighted by Crippen LogP contribution is -2.28. The summed E-state index contributed by atoms with van der Waals surface area (Å²) >= 11 is 0. The molecule has 0 bridgehead atoms. The highest BCUT2D eigenvalue weighted by Crippen LogP contribution is 2.31.